The van der Waals surface area contributed by atoms with Crippen LogP contribution in [0.5, 0.6) is 11.8 Å². The van der Waals surface area contributed by atoms with Crippen LogP contribution in [0.2, 0.25) is 0 Å². The van der Waals surface area contributed by atoms with E-state index in [4.69, 9.17) is 15.5 Å². The standard InChI is InChI=1S/C25H30N6O2/c1-25(2)22(29-21-23(26)27-14-28-24(21)33-25)18-10-8-17(9-11-18)16-6-3-15(4-7-16)5-12-19-13-20(32)31-30-19/h8-11,13-16H,3-7,12H2,1-2H3,(H2,26,27,28)(H2,30,31,32)/t15-,16-. The summed E-state index contributed by atoms with van der Waals surface area (Å²) in [5.41, 5.74) is 10.1. The predicted molar refractivity (Wildman–Crippen MR) is 127 cm³/mol. The first-order valence-corrected chi connectivity index (χ1v) is 11.6. The van der Waals surface area contributed by atoms with Crippen LogP contribution < -0.4 is 10.5 Å². The summed E-state index contributed by atoms with van der Waals surface area (Å²) in [6.07, 6.45) is 8.30. The maximum atomic E-state index is 9.39. The molecule has 2 aromatic heterocycles. The molecule has 172 valence electrons. The lowest BCUT2D eigenvalue weighted by Gasteiger charge is -2.32. The number of nitrogens with two attached hydrogens (primary N) is 1. The third-order valence-electron chi connectivity index (χ3n) is 6.89. The largest absolute Gasteiger partial charge is 0.494 e. The van der Waals surface area contributed by atoms with Crippen molar-refractivity contribution < 1.29 is 9.84 Å². The van der Waals surface area contributed by atoms with E-state index in [1.165, 1.54) is 37.6 Å². The number of aryl methyl sites for hydroxylation is 1. The van der Waals surface area contributed by atoms with E-state index in [1.54, 1.807) is 6.07 Å². The van der Waals surface area contributed by atoms with Crippen LogP contribution in [-0.2, 0) is 6.42 Å². The van der Waals surface area contributed by atoms with Gasteiger partial charge < -0.3 is 15.6 Å². The van der Waals surface area contributed by atoms with Gasteiger partial charge in [0.2, 0.25) is 11.8 Å². The maximum Gasteiger partial charge on any atom is 0.246 e. The smallest absolute Gasteiger partial charge is 0.246 e. The number of nitrogens with zero attached hydrogens (tertiary/aromatic N) is 4. The molecule has 0 amide bonds. The number of anilines is 1. The highest BCUT2D eigenvalue weighted by Gasteiger charge is 2.35. The fraction of sp³-hybridized carbons (Fsp3) is 0.440. The Morgan fingerprint density at radius 2 is 1.88 bits per heavy atom. The van der Waals surface area contributed by atoms with Crippen molar-refractivity contribution in [3.63, 3.8) is 0 Å². The number of aliphatic imine (C=N–C) groups is 1. The molecular weight excluding hydrogens is 416 g/mol. The quantitative estimate of drug-likeness (QED) is 0.523. The van der Waals surface area contributed by atoms with Gasteiger partial charge in [0.1, 0.15) is 11.9 Å². The Balaban J connectivity index is 1.24. The summed E-state index contributed by atoms with van der Waals surface area (Å²) in [5.74, 6) is 2.21. The highest BCUT2D eigenvalue weighted by Crippen LogP contribution is 2.40. The van der Waals surface area contributed by atoms with Crippen LogP contribution in [0.1, 0.15) is 68.7 Å². The van der Waals surface area contributed by atoms with Gasteiger partial charge in [0, 0.05) is 11.6 Å². The second kappa shape index (κ2) is 8.50. The number of aromatic hydroxyl groups is 1. The average molecular weight is 447 g/mol. The number of benzene rings is 1. The molecule has 0 bridgehead atoms. The normalized spacial score (nSPS) is 21.7. The summed E-state index contributed by atoms with van der Waals surface area (Å²) in [7, 11) is 0. The SMILES string of the molecule is CC1(C)Oc2ncnc(N)c2N=C1c1ccc([C@H]2CC[C@H](CCc3cc(O)[nH]n3)CC2)cc1. The van der Waals surface area contributed by atoms with Gasteiger partial charge >= 0.3 is 0 Å². The lowest BCUT2D eigenvalue weighted by Crippen LogP contribution is -2.41. The molecule has 1 saturated carbocycles. The van der Waals surface area contributed by atoms with E-state index in [0.29, 0.717) is 23.3 Å². The van der Waals surface area contributed by atoms with Crippen molar-refractivity contribution in [1.82, 2.24) is 20.2 Å². The first-order chi connectivity index (χ1) is 15.9. The Morgan fingerprint density at radius 3 is 2.58 bits per heavy atom. The highest BCUT2D eigenvalue weighted by atomic mass is 16.5. The summed E-state index contributed by atoms with van der Waals surface area (Å²) < 4.78 is 6.10. The minimum Gasteiger partial charge on any atom is -0.494 e. The van der Waals surface area contributed by atoms with Crippen LogP contribution in [0.4, 0.5) is 11.5 Å². The molecule has 0 radical (unpaired) electrons. The molecule has 0 spiro atoms. The van der Waals surface area contributed by atoms with Crippen molar-refractivity contribution in [3.05, 3.63) is 53.5 Å². The summed E-state index contributed by atoms with van der Waals surface area (Å²) in [5, 5.41) is 16.1. The Morgan fingerprint density at radius 1 is 1.12 bits per heavy atom. The molecule has 4 N–H and O–H groups in total. The first-order valence-electron chi connectivity index (χ1n) is 11.6. The van der Waals surface area contributed by atoms with Gasteiger partial charge in [0.05, 0.1) is 11.4 Å². The van der Waals surface area contributed by atoms with E-state index in [1.807, 2.05) is 13.8 Å². The van der Waals surface area contributed by atoms with E-state index in [9.17, 15) is 5.11 Å². The number of rotatable bonds is 5. The van der Waals surface area contributed by atoms with E-state index < -0.39 is 5.60 Å². The third kappa shape index (κ3) is 4.42. The Kier molecular flexibility index (Phi) is 5.52. The van der Waals surface area contributed by atoms with Gasteiger partial charge in [-0.1, -0.05) is 24.3 Å². The predicted octanol–water partition coefficient (Wildman–Crippen LogP) is 4.69. The van der Waals surface area contributed by atoms with Crippen molar-refractivity contribution in [3.8, 4) is 11.8 Å². The van der Waals surface area contributed by atoms with Gasteiger partial charge in [-0.15, -0.1) is 0 Å². The van der Waals surface area contributed by atoms with Crippen molar-refractivity contribution in [2.24, 2.45) is 10.9 Å². The fourth-order valence-corrected chi connectivity index (χ4v) is 5.03. The number of aromatic nitrogens is 4. The molecule has 5 rings (SSSR count). The van der Waals surface area contributed by atoms with Gasteiger partial charge in [0.25, 0.3) is 0 Å². The van der Waals surface area contributed by atoms with Crippen molar-refractivity contribution >= 4 is 17.2 Å². The van der Waals surface area contributed by atoms with E-state index in [2.05, 4.69) is 44.4 Å². The van der Waals surface area contributed by atoms with Gasteiger partial charge in [-0.05, 0) is 69.8 Å². The Bertz CT molecular complexity index is 1160. The van der Waals surface area contributed by atoms with Gasteiger partial charge in [-0.3, -0.25) is 0 Å². The minimum absolute atomic E-state index is 0.146. The zero-order chi connectivity index (χ0) is 23.0. The lowest BCUT2D eigenvalue weighted by molar-refractivity contribution is 0.171. The zero-order valence-corrected chi connectivity index (χ0v) is 19.1. The van der Waals surface area contributed by atoms with E-state index in [0.717, 1.165) is 35.7 Å². The van der Waals surface area contributed by atoms with Crippen LogP contribution in [0.15, 0.2) is 41.7 Å². The molecule has 0 atom stereocenters. The maximum absolute atomic E-state index is 9.39. The number of hydrogen-bond acceptors (Lipinski definition) is 7. The van der Waals surface area contributed by atoms with Crippen molar-refractivity contribution in [2.75, 3.05) is 5.73 Å². The molecule has 0 saturated heterocycles. The highest BCUT2D eigenvalue weighted by molar-refractivity contribution is 6.09. The lowest BCUT2D eigenvalue weighted by atomic mass is 9.77. The molecular formula is C25H30N6O2. The Labute approximate surface area is 193 Å². The number of nitrogens with one attached hydrogen (secondary N) is 1. The molecule has 33 heavy (non-hydrogen) atoms. The van der Waals surface area contributed by atoms with Crippen LogP contribution in [0, 0.1) is 5.92 Å². The van der Waals surface area contributed by atoms with Crippen molar-refractivity contribution in [2.45, 2.75) is 63.9 Å². The minimum atomic E-state index is -0.613. The van der Waals surface area contributed by atoms with Crippen LogP contribution in [0.25, 0.3) is 0 Å². The number of nitrogen functional groups attached to an aromatic ring is 1. The van der Waals surface area contributed by atoms with Crippen LogP contribution in [0.3, 0.4) is 0 Å². The van der Waals surface area contributed by atoms with Gasteiger partial charge in [-0.2, -0.15) is 10.1 Å². The number of H-pyrrole nitrogens is 1. The van der Waals surface area contributed by atoms with Gasteiger partial charge in [0.15, 0.2) is 11.5 Å². The number of hydrogen-bond donors (Lipinski definition) is 3. The topological polar surface area (TPSA) is 122 Å². The number of aromatic amines is 1. The molecule has 0 unspecified atom stereocenters. The molecule has 1 aromatic carbocycles. The molecule has 8 nitrogen and oxygen atoms in total. The van der Waals surface area contributed by atoms with E-state index in [-0.39, 0.29) is 5.88 Å². The van der Waals surface area contributed by atoms with Gasteiger partial charge in [-0.25, -0.2) is 15.1 Å². The fourth-order valence-electron chi connectivity index (χ4n) is 5.03. The molecule has 1 aliphatic carbocycles. The molecule has 3 heterocycles. The molecule has 1 aliphatic heterocycles. The third-order valence-corrected chi connectivity index (χ3v) is 6.89. The molecule has 2 aliphatic rings. The summed E-state index contributed by atoms with van der Waals surface area (Å²) >= 11 is 0. The molecule has 3 aromatic rings. The molecule has 8 heteroatoms. The number of fused-ring (bicyclic) bond motifs is 1. The molecule has 1 fully saturated rings. The Hall–Kier alpha value is -3.42. The monoisotopic (exact) mass is 446 g/mol. The second-order valence-electron chi connectivity index (χ2n) is 9.61. The summed E-state index contributed by atoms with van der Waals surface area (Å²) in [6, 6.07) is 10.5. The second-order valence-corrected chi connectivity index (χ2v) is 9.61. The average Bonchev–Trinajstić information content (AvgIpc) is 3.22. The van der Waals surface area contributed by atoms with Crippen LogP contribution >= 0.6 is 0 Å². The first kappa shape index (κ1) is 21.4. The summed E-state index contributed by atoms with van der Waals surface area (Å²) in [4.78, 5) is 13.0. The van der Waals surface area contributed by atoms with E-state index >= 15 is 0 Å². The summed E-state index contributed by atoms with van der Waals surface area (Å²) in [6.45, 7) is 3.99. The zero-order valence-electron chi connectivity index (χ0n) is 19.1. The number of ether oxygens (including phenoxy) is 1. The van der Waals surface area contributed by atoms with Crippen molar-refractivity contribution in [1.29, 1.82) is 0 Å². The van der Waals surface area contributed by atoms with Crippen LogP contribution in [-0.4, -0.2) is 36.6 Å².